The van der Waals surface area contributed by atoms with Crippen molar-refractivity contribution in [3.8, 4) is 0 Å². The van der Waals surface area contributed by atoms with Crippen molar-refractivity contribution in [3.63, 3.8) is 0 Å². The Morgan fingerprint density at radius 1 is 1.18 bits per heavy atom. The molecule has 0 atom stereocenters. The van der Waals surface area contributed by atoms with E-state index in [4.69, 9.17) is 0 Å². The Morgan fingerprint density at radius 3 is 2.36 bits per heavy atom. The number of urea groups is 1. The second kappa shape index (κ2) is 7.57. The molecule has 1 aliphatic carbocycles. The maximum absolute atomic E-state index is 13.0. The smallest absolute Gasteiger partial charge is 0.325 e. The van der Waals surface area contributed by atoms with E-state index in [1.165, 1.54) is 0 Å². The number of rotatable bonds is 4. The summed E-state index contributed by atoms with van der Waals surface area (Å²) in [4.78, 5) is 38.7. The number of benzene rings is 1. The molecule has 1 aromatic carbocycles. The lowest BCUT2D eigenvalue weighted by Gasteiger charge is -2.40. The van der Waals surface area contributed by atoms with E-state index in [0.29, 0.717) is 25.3 Å². The number of imide groups is 1. The zero-order valence-corrected chi connectivity index (χ0v) is 17.3. The molecule has 2 N–H and O–H groups in total. The van der Waals surface area contributed by atoms with Crippen molar-refractivity contribution in [2.75, 3.05) is 6.54 Å². The molecule has 2 fully saturated rings. The fraction of sp³-hybridized carbons (Fsp3) is 0.591. The Morgan fingerprint density at radius 2 is 1.79 bits per heavy atom. The number of aryl methyl sites for hydroxylation is 1. The van der Waals surface area contributed by atoms with Gasteiger partial charge in [-0.2, -0.15) is 0 Å². The maximum Gasteiger partial charge on any atom is 0.325 e. The highest BCUT2D eigenvalue weighted by molar-refractivity contribution is 6.09. The quantitative estimate of drug-likeness (QED) is 0.782. The molecule has 1 aliphatic heterocycles. The molecule has 152 valence electrons. The van der Waals surface area contributed by atoms with Crippen LogP contribution < -0.4 is 10.6 Å². The summed E-state index contributed by atoms with van der Waals surface area (Å²) < 4.78 is 0. The van der Waals surface area contributed by atoms with Crippen molar-refractivity contribution in [3.05, 3.63) is 35.4 Å². The van der Waals surface area contributed by atoms with E-state index in [2.05, 4.69) is 31.4 Å². The van der Waals surface area contributed by atoms with Crippen molar-refractivity contribution < 1.29 is 14.4 Å². The van der Waals surface area contributed by atoms with Crippen molar-refractivity contribution in [1.29, 1.82) is 0 Å². The van der Waals surface area contributed by atoms with E-state index < -0.39 is 11.6 Å². The van der Waals surface area contributed by atoms with Crippen molar-refractivity contribution in [1.82, 2.24) is 15.5 Å². The van der Waals surface area contributed by atoms with Crippen LogP contribution in [-0.2, 0) is 16.1 Å². The molecule has 6 nitrogen and oxygen atoms in total. The number of carbonyl (C=O) groups is 3. The minimum absolute atomic E-state index is 0.197. The predicted octanol–water partition coefficient (Wildman–Crippen LogP) is 3.14. The molecule has 1 saturated carbocycles. The summed E-state index contributed by atoms with van der Waals surface area (Å²) in [6.45, 7) is 8.80. The number of hydrogen-bond acceptors (Lipinski definition) is 3. The summed E-state index contributed by atoms with van der Waals surface area (Å²) >= 11 is 0. The van der Waals surface area contributed by atoms with Crippen LogP contribution in [0, 0.1) is 18.3 Å². The Labute approximate surface area is 167 Å². The average Bonchev–Trinajstić information content (AvgIpc) is 2.85. The van der Waals surface area contributed by atoms with Crippen molar-refractivity contribution in [2.24, 2.45) is 11.3 Å². The molecule has 1 heterocycles. The van der Waals surface area contributed by atoms with E-state index in [9.17, 15) is 14.4 Å². The molecule has 0 bridgehead atoms. The number of amides is 4. The first kappa shape index (κ1) is 20.4. The Bertz CT molecular complexity index is 756. The van der Waals surface area contributed by atoms with Gasteiger partial charge in [-0.05, 0) is 49.5 Å². The average molecular weight is 386 g/mol. The molecule has 6 heteroatoms. The first-order valence-electron chi connectivity index (χ1n) is 10.1. The van der Waals surface area contributed by atoms with Crippen LogP contribution in [0.15, 0.2) is 24.3 Å². The summed E-state index contributed by atoms with van der Waals surface area (Å²) in [5.74, 6) is -0.0467. The first-order valence-corrected chi connectivity index (χ1v) is 10.1. The monoisotopic (exact) mass is 385 g/mol. The summed E-state index contributed by atoms with van der Waals surface area (Å²) in [7, 11) is 0. The topological polar surface area (TPSA) is 78.5 Å². The van der Waals surface area contributed by atoms with Crippen LogP contribution in [0.3, 0.4) is 0 Å². The lowest BCUT2D eigenvalue weighted by molar-refractivity contribution is -0.136. The van der Waals surface area contributed by atoms with Crippen LogP contribution in [0.5, 0.6) is 0 Å². The molecule has 0 aromatic heterocycles. The Balaban J connectivity index is 1.56. The van der Waals surface area contributed by atoms with Crippen molar-refractivity contribution >= 4 is 17.8 Å². The van der Waals surface area contributed by atoms with Gasteiger partial charge in [0.05, 0.1) is 0 Å². The molecule has 1 saturated heterocycles. The number of carbonyl (C=O) groups excluding carboxylic acids is 3. The Kier molecular flexibility index (Phi) is 5.50. The van der Waals surface area contributed by atoms with Gasteiger partial charge in [0, 0.05) is 6.54 Å². The number of hydrogen-bond donors (Lipinski definition) is 2. The predicted molar refractivity (Wildman–Crippen MR) is 107 cm³/mol. The third kappa shape index (κ3) is 4.21. The molecular weight excluding hydrogens is 354 g/mol. The minimum atomic E-state index is -0.823. The lowest BCUT2D eigenvalue weighted by atomic mass is 9.67. The molecular formula is C22H31N3O3. The van der Waals surface area contributed by atoms with Gasteiger partial charge < -0.3 is 10.6 Å². The van der Waals surface area contributed by atoms with Gasteiger partial charge in [0.25, 0.3) is 5.91 Å². The van der Waals surface area contributed by atoms with E-state index in [1.807, 2.05) is 31.2 Å². The molecule has 0 radical (unpaired) electrons. The maximum atomic E-state index is 13.0. The molecule has 3 rings (SSSR count). The number of nitrogens with one attached hydrogen (secondary N) is 2. The highest BCUT2D eigenvalue weighted by atomic mass is 16.2. The van der Waals surface area contributed by atoms with Gasteiger partial charge in [-0.15, -0.1) is 0 Å². The third-order valence-corrected chi connectivity index (χ3v) is 6.22. The zero-order valence-electron chi connectivity index (χ0n) is 17.3. The van der Waals surface area contributed by atoms with Crippen LogP contribution in [-0.4, -0.2) is 34.8 Å². The van der Waals surface area contributed by atoms with Gasteiger partial charge in [0.1, 0.15) is 12.1 Å². The normalized spacial score (nSPS) is 25.1. The van der Waals surface area contributed by atoms with Crippen LogP contribution >= 0.6 is 0 Å². The molecule has 2 aliphatic rings. The molecule has 28 heavy (non-hydrogen) atoms. The standard InChI is InChI=1S/C22H31N3O3/c1-15-5-7-16(8-6-15)13-23-18(26)14-25-19(27)22(24-20(25)28)11-9-17(10-12-22)21(2,3)4/h5-8,17H,9-14H2,1-4H3,(H,23,26)(H,24,28). The fourth-order valence-corrected chi connectivity index (χ4v) is 4.24. The van der Waals surface area contributed by atoms with Crippen LogP contribution in [0.25, 0.3) is 0 Å². The van der Waals surface area contributed by atoms with Crippen LogP contribution in [0.2, 0.25) is 0 Å². The third-order valence-electron chi connectivity index (χ3n) is 6.22. The second-order valence-corrected chi connectivity index (χ2v) is 9.31. The first-order chi connectivity index (χ1) is 13.1. The largest absolute Gasteiger partial charge is 0.350 e. The SMILES string of the molecule is Cc1ccc(CNC(=O)CN2C(=O)NC3(CCC(C(C)(C)C)CC3)C2=O)cc1. The van der Waals surface area contributed by atoms with Gasteiger partial charge in [-0.1, -0.05) is 50.6 Å². The fourth-order valence-electron chi connectivity index (χ4n) is 4.24. The Hall–Kier alpha value is -2.37. The van der Waals surface area contributed by atoms with Gasteiger partial charge in [0.2, 0.25) is 5.91 Å². The van der Waals surface area contributed by atoms with E-state index >= 15 is 0 Å². The summed E-state index contributed by atoms with van der Waals surface area (Å²) in [6.07, 6.45) is 3.09. The lowest BCUT2D eigenvalue weighted by Crippen LogP contribution is -2.51. The van der Waals surface area contributed by atoms with Gasteiger partial charge >= 0.3 is 6.03 Å². The number of nitrogens with zero attached hydrogens (tertiary/aromatic N) is 1. The second-order valence-electron chi connectivity index (χ2n) is 9.31. The molecule has 4 amide bonds. The van der Waals surface area contributed by atoms with Crippen molar-refractivity contribution in [2.45, 2.75) is 65.5 Å². The van der Waals surface area contributed by atoms with Gasteiger partial charge in [-0.3, -0.25) is 14.5 Å². The summed E-state index contributed by atoms with van der Waals surface area (Å²) in [5, 5.41) is 5.68. The van der Waals surface area contributed by atoms with E-state index in [1.54, 1.807) is 0 Å². The van der Waals surface area contributed by atoms with Crippen LogP contribution in [0.4, 0.5) is 4.79 Å². The molecule has 1 spiro atoms. The van der Waals surface area contributed by atoms with E-state index in [0.717, 1.165) is 28.9 Å². The van der Waals surface area contributed by atoms with Gasteiger partial charge in [-0.25, -0.2) is 4.79 Å². The summed E-state index contributed by atoms with van der Waals surface area (Å²) in [5.41, 5.74) is 1.51. The van der Waals surface area contributed by atoms with E-state index in [-0.39, 0.29) is 23.8 Å². The summed E-state index contributed by atoms with van der Waals surface area (Å²) in [6, 6.07) is 7.41. The van der Waals surface area contributed by atoms with Gasteiger partial charge in [0.15, 0.2) is 0 Å². The van der Waals surface area contributed by atoms with Crippen LogP contribution in [0.1, 0.15) is 57.6 Å². The zero-order chi connectivity index (χ0) is 20.5. The highest BCUT2D eigenvalue weighted by Gasteiger charge is 2.53. The highest BCUT2D eigenvalue weighted by Crippen LogP contribution is 2.43. The minimum Gasteiger partial charge on any atom is -0.350 e. The molecule has 0 unspecified atom stereocenters. The molecule has 1 aromatic rings.